The second kappa shape index (κ2) is 9.21. The van der Waals surface area contributed by atoms with E-state index in [-0.39, 0.29) is 18.3 Å². The molecule has 26 heavy (non-hydrogen) atoms. The molecule has 0 spiro atoms. The standard InChI is InChI=1S/C20H28N4O.ClH/c1-15-6-4-5-7-19(15)24-16(2)14-18(17(24)3)20(25)22-10-13-23-11-8-21-9-12-23;/h4-7,14,21H,8-13H2,1-3H3,(H,22,25);1H. The first-order valence-corrected chi connectivity index (χ1v) is 9.04. The number of benzene rings is 1. The Bertz CT molecular complexity index is 750. The zero-order valence-corrected chi connectivity index (χ0v) is 16.7. The Hall–Kier alpha value is -1.82. The highest BCUT2D eigenvalue weighted by molar-refractivity contribution is 5.96. The minimum absolute atomic E-state index is 0. The number of piperazine rings is 1. The maximum absolute atomic E-state index is 12.6. The Kier molecular flexibility index (Phi) is 7.26. The van der Waals surface area contributed by atoms with Crippen molar-refractivity contribution in [1.29, 1.82) is 0 Å². The molecule has 1 saturated heterocycles. The topological polar surface area (TPSA) is 49.3 Å². The van der Waals surface area contributed by atoms with Crippen LogP contribution >= 0.6 is 12.4 Å². The summed E-state index contributed by atoms with van der Waals surface area (Å²) in [4.78, 5) is 15.0. The number of amides is 1. The molecule has 1 amide bonds. The third-order valence-electron chi connectivity index (χ3n) is 4.96. The van der Waals surface area contributed by atoms with Gasteiger partial charge in [0.15, 0.2) is 0 Å². The lowest BCUT2D eigenvalue weighted by Gasteiger charge is -2.27. The molecule has 3 rings (SSSR count). The molecule has 1 aromatic heterocycles. The molecule has 0 aliphatic carbocycles. The van der Waals surface area contributed by atoms with Crippen molar-refractivity contribution in [1.82, 2.24) is 20.1 Å². The van der Waals surface area contributed by atoms with E-state index in [1.54, 1.807) is 0 Å². The van der Waals surface area contributed by atoms with Gasteiger partial charge in [0.25, 0.3) is 5.91 Å². The van der Waals surface area contributed by atoms with E-state index in [0.29, 0.717) is 6.54 Å². The minimum Gasteiger partial charge on any atom is -0.351 e. The molecule has 6 heteroatoms. The molecule has 2 heterocycles. The molecule has 5 nitrogen and oxygen atoms in total. The van der Waals surface area contributed by atoms with Crippen LogP contribution in [0.25, 0.3) is 5.69 Å². The van der Waals surface area contributed by atoms with Crippen LogP contribution < -0.4 is 10.6 Å². The van der Waals surface area contributed by atoms with Gasteiger partial charge in [0, 0.05) is 56.3 Å². The van der Waals surface area contributed by atoms with E-state index in [1.807, 2.05) is 25.1 Å². The van der Waals surface area contributed by atoms with Gasteiger partial charge in [-0.2, -0.15) is 0 Å². The molecular formula is C20H29ClN4O. The van der Waals surface area contributed by atoms with Crippen molar-refractivity contribution in [2.24, 2.45) is 0 Å². The van der Waals surface area contributed by atoms with Crippen molar-refractivity contribution >= 4 is 18.3 Å². The number of nitrogens with one attached hydrogen (secondary N) is 2. The SMILES string of the molecule is Cc1ccccc1-n1c(C)cc(C(=O)NCCN2CCNCC2)c1C.Cl. The second-order valence-corrected chi connectivity index (χ2v) is 6.75. The first-order chi connectivity index (χ1) is 12.1. The van der Waals surface area contributed by atoms with Gasteiger partial charge in [0.05, 0.1) is 5.56 Å². The Balaban J connectivity index is 0.00000243. The van der Waals surface area contributed by atoms with Crippen LogP contribution in [-0.4, -0.2) is 54.6 Å². The van der Waals surface area contributed by atoms with Crippen LogP contribution in [0.1, 0.15) is 27.3 Å². The molecule has 1 fully saturated rings. The Morgan fingerprint density at radius 2 is 1.85 bits per heavy atom. The van der Waals surface area contributed by atoms with Gasteiger partial charge in [0.2, 0.25) is 0 Å². The van der Waals surface area contributed by atoms with Gasteiger partial charge in [-0.3, -0.25) is 9.69 Å². The molecule has 142 valence electrons. The monoisotopic (exact) mass is 376 g/mol. The molecule has 0 bridgehead atoms. The average molecular weight is 377 g/mol. The number of nitrogens with zero attached hydrogens (tertiary/aromatic N) is 2. The molecule has 1 aromatic carbocycles. The lowest BCUT2D eigenvalue weighted by molar-refractivity contribution is 0.0946. The predicted molar refractivity (Wildman–Crippen MR) is 109 cm³/mol. The second-order valence-electron chi connectivity index (χ2n) is 6.75. The third-order valence-corrected chi connectivity index (χ3v) is 4.96. The summed E-state index contributed by atoms with van der Waals surface area (Å²) >= 11 is 0. The van der Waals surface area contributed by atoms with Crippen LogP contribution in [0.15, 0.2) is 30.3 Å². The number of aromatic nitrogens is 1. The van der Waals surface area contributed by atoms with E-state index in [2.05, 4.69) is 46.1 Å². The van der Waals surface area contributed by atoms with Gasteiger partial charge in [-0.15, -0.1) is 12.4 Å². The first kappa shape index (κ1) is 20.5. The molecule has 2 aromatic rings. The van der Waals surface area contributed by atoms with E-state index in [1.165, 1.54) is 5.56 Å². The van der Waals surface area contributed by atoms with Gasteiger partial charge in [-0.1, -0.05) is 18.2 Å². The molecule has 1 aliphatic heterocycles. The zero-order chi connectivity index (χ0) is 17.8. The summed E-state index contributed by atoms with van der Waals surface area (Å²) in [5, 5.41) is 6.42. The van der Waals surface area contributed by atoms with Gasteiger partial charge in [-0.05, 0) is 38.5 Å². The number of halogens is 1. The number of carbonyl (C=O) groups is 1. The van der Waals surface area contributed by atoms with Crippen LogP contribution in [0, 0.1) is 20.8 Å². The number of hydrogen-bond acceptors (Lipinski definition) is 3. The summed E-state index contributed by atoms with van der Waals surface area (Å²) in [6.07, 6.45) is 0. The maximum atomic E-state index is 12.6. The van der Waals surface area contributed by atoms with Gasteiger partial charge >= 0.3 is 0 Å². The van der Waals surface area contributed by atoms with E-state index in [4.69, 9.17) is 0 Å². The zero-order valence-electron chi connectivity index (χ0n) is 15.8. The van der Waals surface area contributed by atoms with Crippen molar-refractivity contribution in [3.05, 3.63) is 52.8 Å². The van der Waals surface area contributed by atoms with Crippen LogP contribution in [0.3, 0.4) is 0 Å². The highest BCUT2D eigenvalue weighted by Gasteiger charge is 2.17. The summed E-state index contributed by atoms with van der Waals surface area (Å²) in [6, 6.07) is 10.3. The van der Waals surface area contributed by atoms with E-state index >= 15 is 0 Å². The number of hydrogen-bond donors (Lipinski definition) is 2. The molecule has 1 aliphatic rings. The fourth-order valence-corrected chi connectivity index (χ4v) is 3.54. The normalized spacial score (nSPS) is 14.7. The summed E-state index contributed by atoms with van der Waals surface area (Å²) in [5.41, 5.74) is 5.18. The summed E-state index contributed by atoms with van der Waals surface area (Å²) in [5.74, 6) is 0.0167. The average Bonchev–Trinajstić information content (AvgIpc) is 2.91. The predicted octanol–water partition coefficient (Wildman–Crippen LogP) is 2.46. The van der Waals surface area contributed by atoms with Gasteiger partial charge in [-0.25, -0.2) is 0 Å². The smallest absolute Gasteiger partial charge is 0.253 e. The number of rotatable bonds is 5. The quantitative estimate of drug-likeness (QED) is 0.842. The lowest BCUT2D eigenvalue weighted by atomic mass is 10.2. The van der Waals surface area contributed by atoms with Crippen LogP contribution in [0.2, 0.25) is 0 Å². The van der Waals surface area contributed by atoms with E-state index in [9.17, 15) is 4.79 Å². The number of aryl methyl sites for hydroxylation is 2. The fourth-order valence-electron chi connectivity index (χ4n) is 3.54. The highest BCUT2D eigenvalue weighted by Crippen LogP contribution is 2.23. The fraction of sp³-hybridized carbons (Fsp3) is 0.450. The van der Waals surface area contributed by atoms with E-state index < -0.39 is 0 Å². The first-order valence-electron chi connectivity index (χ1n) is 9.04. The molecule has 0 saturated carbocycles. The largest absolute Gasteiger partial charge is 0.351 e. The Labute approximate surface area is 162 Å². The molecule has 0 radical (unpaired) electrons. The van der Waals surface area contributed by atoms with Crippen molar-refractivity contribution < 1.29 is 4.79 Å². The molecule has 0 atom stereocenters. The number of carbonyl (C=O) groups excluding carboxylic acids is 1. The third kappa shape index (κ3) is 4.47. The molecular weight excluding hydrogens is 348 g/mol. The summed E-state index contributed by atoms with van der Waals surface area (Å²) in [7, 11) is 0. The summed E-state index contributed by atoms with van der Waals surface area (Å²) in [6.45, 7) is 11.9. The van der Waals surface area contributed by atoms with Crippen molar-refractivity contribution in [2.45, 2.75) is 20.8 Å². The maximum Gasteiger partial charge on any atom is 0.253 e. The van der Waals surface area contributed by atoms with Crippen LogP contribution in [-0.2, 0) is 0 Å². The Morgan fingerprint density at radius 3 is 2.54 bits per heavy atom. The van der Waals surface area contributed by atoms with Crippen molar-refractivity contribution in [2.75, 3.05) is 39.3 Å². The summed E-state index contributed by atoms with van der Waals surface area (Å²) < 4.78 is 2.17. The van der Waals surface area contributed by atoms with Gasteiger partial charge < -0.3 is 15.2 Å². The molecule has 0 unspecified atom stereocenters. The highest BCUT2D eigenvalue weighted by atomic mass is 35.5. The van der Waals surface area contributed by atoms with Crippen LogP contribution in [0.5, 0.6) is 0 Å². The minimum atomic E-state index is 0. The van der Waals surface area contributed by atoms with E-state index in [0.717, 1.165) is 55.4 Å². The van der Waals surface area contributed by atoms with Crippen molar-refractivity contribution in [3.8, 4) is 5.69 Å². The van der Waals surface area contributed by atoms with Crippen LogP contribution in [0.4, 0.5) is 0 Å². The van der Waals surface area contributed by atoms with Gasteiger partial charge in [0.1, 0.15) is 0 Å². The number of para-hydroxylation sites is 1. The Morgan fingerprint density at radius 1 is 1.15 bits per heavy atom. The lowest BCUT2D eigenvalue weighted by Crippen LogP contribution is -2.46. The van der Waals surface area contributed by atoms with Crippen molar-refractivity contribution in [3.63, 3.8) is 0 Å². The molecule has 2 N–H and O–H groups in total.